The molecule has 0 saturated carbocycles. The number of nitrogens with zero attached hydrogens (tertiary/aromatic N) is 2. The zero-order valence-corrected chi connectivity index (χ0v) is 18.0. The van der Waals surface area contributed by atoms with Crippen molar-refractivity contribution >= 4 is 31.6 Å². The molecule has 29 heavy (non-hydrogen) atoms. The van der Waals surface area contributed by atoms with Crippen molar-refractivity contribution < 1.29 is 26.0 Å². The van der Waals surface area contributed by atoms with Crippen molar-refractivity contribution in [2.24, 2.45) is 0 Å². The summed E-state index contributed by atoms with van der Waals surface area (Å²) in [7, 11) is -3.68. The van der Waals surface area contributed by atoms with E-state index in [0.717, 1.165) is 32.9 Å². The van der Waals surface area contributed by atoms with Gasteiger partial charge in [-0.15, -0.1) is 0 Å². The molecule has 0 spiro atoms. The van der Waals surface area contributed by atoms with Gasteiger partial charge < -0.3 is 5.32 Å². The van der Waals surface area contributed by atoms with Crippen LogP contribution in [0.3, 0.4) is 0 Å². The van der Waals surface area contributed by atoms with Crippen LogP contribution in [0.4, 0.5) is 10.1 Å². The summed E-state index contributed by atoms with van der Waals surface area (Å²) in [5.74, 6) is -1.23. The fourth-order valence-corrected chi connectivity index (χ4v) is 4.43. The third kappa shape index (κ3) is 5.18. The van der Waals surface area contributed by atoms with E-state index in [1.54, 1.807) is 13.0 Å². The largest absolute Gasteiger partial charge is 0.325 e. The Morgan fingerprint density at radius 1 is 0.931 bits per heavy atom. The maximum Gasteiger partial charge on any atom is 0.243 e. The molecule has 11 heteroatoms. The van der Waals surface area contributed by atoms with Gasteiger partial charge in [0.1, 0.15) is 5.82 Å². The lowest BCUT2D eigenvalue weighted by Crippen LogP contribution is -2.35. The molecule has 158 valence electrons. The summed E-state index contributed by atoms with van der Waals surface area (Å²) in [5, 5.41) is 2.54. The van der Waals surface area contributed by atoms with Crippen LogP contribution in [-0.2, 0) is 24.8 Å². The lowest BCUT2D eigenvalue weighted by atomic mass is 10.2. The molecule has 0 saturated heterocycles. The number of likely N-dealkylation sites (N-methyl/N-ethyl adjacent to an activating group) is 1. The third-order valence-corrected chi connectivity index (χ3v) is 7.78. The van der Waals surface area contributed by atoms with Crippen LogP contribution in [0, 0.1) is 12.7 Å². The van der Waals surface area contributed by atoms with Crippen molar-refractivity contribution in [1.29, 1.82) is 0 Å². The van der Waals surface area contributed by atoms with Gasteiger partial charge >= 0.3 is 0 Å². The molecule has 8 nitrogen and oxygen atoms in total. The molecule has 0 aromatic heterocycles. The summed E-state index contributed by atoms with van der Waals surface area (Å²) < 4.78 is 64.4. The molecule has 1 N–H and O–H groups in total. The van der Waals surface area contributed by atoms with E-state index in [9.17, 15) is 26.0 Å². The third-order valence-electron chi connectivity index (χ3n) is 4.15. The molecule has 0 heterocycles. The Hall–Kier alpha value is -2.34. The highest BCUT2D eigenvalue weighted by Gasteiger charge is 2.24. The Bertz CT molecular complexity index is 1110. The average molecular weight is 444 g/mol. The van der Waals surface area contributed by atoms with Crippen LogP contribution in [-0.4, -0.2) is 59.0 Å². The molecule has 2 aromatic rings. The predicted octanol–water partition coefficient (Wildman–Crippen LogP) is 1.64. The molecular formula is C18H22FN3O5S2. The standard InChI is InChI=1S/C18H22FN3O5S2/c1-13-5-8-16(28(24,25)21(2)3)11-17(13)20-18(23)12-22(4)29(26,27)15-9-6-14(19)7-10-15/h5-11H,12H2,1-4H3,(H,20,23). The highest BCUT2D eigenvalue weighted by molar-refractivity contribution is 7.89. The monoisotopic (exact) mass is 443 g/mol. The number of sulfonamides is 2. The van der Waals surface area contributed by atoms with Gasteiger partial charge in [-0.3, -0.25) is 4.79 Å². The summed E-state index contributed by atoms with van der Waals surface area (Å²) in [5.41, 5.74) is 0.866. The molecule has 0 fully saturated rings. The Balaban J connectivity index is 2.19. The number of hydrogen-bond acceptors (Lipinski definition) is 5. The lowest BCUT2D eigenvalue weighted by Gasteiger charge is -2.18. The second kappa shape index (κ2) is 8.57. The van der Waals surface area contributed by atoms with Gasteiger partial charge in [0, 0.05) is 26.8 Å². The number of benzene rings is 2. The summed E-state index contributed by atoms with van der Waals surface area (Å²) in [4.78, 5) is 12.2. The molecule has 0 aliphatic rings. The van der Waals surface area contributed by atoms with Crippen LogP contribution >= 0.6 is 0 Å². The molecular weight excluding hydrogens is 421 g/mol. The van der Waals surface area contributed by atoms with Crippen LogP contribution in [0.2, 0.25) is 0 Å². The molecule has 0 radical (unpaired) electrons. The van der Waals surface area contributed by atoms with Gasteiger partial charge in [0.25, 0.3) is 0 Å². The molecule has 0 atom stereocenters. The topological polar surface area (TPSA) is 104 Å². The average Bonchev–Trinajstić information content (AvgIpc) is 2.63. The fraction of sp³-hybridized carbons (Fsp3) is 0.278. The number of anilines is 1. The van der Waals surface area contributed by atoms with E-state index in [2.05, 4.69) is 5.32 Å². The van der Waals surface area contributed by atoms with Gasteiger partial charge in [0.15, 0.2) is 0 Å². The van der Waals surface area contributed by atoms with E-state index in [1.807, 2.05) is 0 Å². The second-order valence-electron chi connectivity index (χ2n) is 6.53. The fourth-order valence-electron chi connectivity index (χ4n) is 2.37. The highest BCUT2D eigenvalue weighted by Crippen LogP contribution is 2.22. The number of carbonyl (C=O) groups excluding carboxylic acids is 1. The molecule has 0 unspecified atom stereocenters. The summed E-state index contributed by atoms with van der Waals surface area (Å²) in [6.07, 6.45) is 0. The molecule has 0 aliphatic heterocycles. The van der Waals surface area contributed by atoms with E-state index in [-0.39, 0.29) is 15.5 Å². The summed E-state index contributed by atoms with van der Waals surface area (Å²) in [6.45, 7) is 1.17. The zero-order valence-electron chi connectivity index (χ0n) is 16.4. The highest BCUT2D eigenvalue weighted by atomic mass is 32.2. The molecule has 0 bridgehead atoms. The summed E-state index contributed by atoms with van der Waals surface area (Å²) in [6, 6.07) is 8.53. The van der Waals surface area contributed by atoms with Crippen LogP contribution in [0.5, 0.6) is 0 Å². The number of hydrogen-bond donors (Lipinski definition) is 1. The first-order chi connectivity index (χ1) is 13.4. The summed E-state index contributed by atoms with van der Waals surface area (Å²) >= 11 is 0. The molecule has 2 aromatic carbocycles. The van der Waals surface area contributed by atoms with Crippen LogP contribution in [0.15, 0.2) is 52.3 Å². The number of amides is 1. The van der Waals surface area contributed by atoms with Crippen LogP contribution in [0.1, 0.15) is 5.56 Å². The van der Waals surface area contributed by atoms with Gasteiger partial charge in [0.05, 0.1) is 16.3 Å². The maximum atomic E-state index is 13.0. The van der Waals surface area contributed by atoms with Crippen molar-refractivity contribution in [3.63, 3.8) is 0 Å². The number of halogens is 1. The Labute approximate surface area is 170 Å². The molecule has 2 rings (SSSR count). The second-order valence-corrected chi connectivity index (χ2v) is 10.7. The number of rotatable bonds is 7. The maximum absolute atomic E-state index is 13.0. The quantitative estimate of drug-likeness (QED) is 0.701. The minimum Gasteiger partial charge on any atom is -0.325 e. The van der Waals surface area contributed by atoms with E-state index in [1.165, 1.54) is 33.3 Å². The van der Waals surface area contributed by atoms with Gasteiger partial charge in [0.2, 0.25) is 26.0 Å². The van der Waals surface area contributed by atoms with Crippen LogP contribution in [0.25, 0.3) is 0 Å². The van der Waals surface area contributed by atoms with Gasteiger partial charge in [-0.1, -0.05) is 6.07 Å². The Kier molecular flexibility index (Phi) is 6.78. The lowest BCUT2D eigenvalue weighted by molar-refractivity contribution is -0.116. The molecule has 0 aliphatic carbocycles. The van der Waals surface area contributed by atoms with Crippen molar-refractivity contribution in [2.75, 3.05) is 33.0 Å². The number of carbonyl (C=O) groups is 1. The first-order valence-corrected chi connectivity index (χ1v) is 11.3. The number of nitrogens with one attached hydrogen (secondary N) is 1. The van der Waals surface area contributed by atoms with Gasteiger partial charge in [-0.05, 0) is 48.9 Å². The smallest absolute Gasteiger partial charge is 0.243 e. The minimum atomic E-state index is -3.99. The molecule has 1 amide bonds. The van der Waals surface area contributed by atoms with E-state index < -0.39 is 38.3 Å². The van der Waals surface area contributed by atoms with E-state index in [4.69, 9.17) is 0 Å². The van der Waals surface area contributed by atoms with E-state index in [0.29, 0.717) is 5.56 Å². The van der Waals surface area contributed by atoms with Gasteiger partial charge in [-0.2, -0.15) is 4.31 Å². The normalized spacial score (nSPS) is 12.4. The first-order valence-electron chi connectivity index (χ1n) is 8.40. The van der Waals surface area contributed by atoms with E-state index >= 15 is 0 Å². The van der Waals surface area contributed by atoms with Crippen LogP contribution < -0.4 is 5.32 Å². The first kappa shape index (κ1) is 22.9. The van der Waals surface area contributed by atoms with Gasteiger partial charge in [-0.25, -0.2) is 25.5 Å². The zero-order chi connectivity index (χ0) is 22.0. The SMILES string of the molecule is Cc1ccc(S(=O)(=O)N(C)C)cc1NC(=O)CN(C)S(=O)(=O)c1ccc(F)cc1. The Morgan fingerprint density at radius 3 is 2.03 bits per heavy atom. The van der Waals surface area contributed by atoms with Crippen molar-refractivity contribution in [3.8, 4) is 0 Å². The van der Waals surface area contributed by atoms with Crippen molar-refractivity contribution in [1.82, 2.24) is 8.61 Å². The number of aryl methyl sites for hydroxylation is 1. The van der Waals surface area contributed by atoms with Crippen molar-refractivity contribution in [2.45, 2.75) is 16.7 Å². The van der Waals surface area contributed by atoms with Crippen molar-refractivity contribution in [3.05, 3.63) is 53.8 Å². The minimum absolute atomic E-state index is 0.00399. The predicted molar refractivity (Wildman–Crippen MR) is 107 cm³/mol. The Morgan fingerprint density at radius 2 is 1.48 bits per heavy atom.